The number of primary amides is 1. The molecule has 3 N–H and O–H groups in total. The molecule has 0 aliphatic heterocycles. The van der Waals surface area contributed by atoms with Crippen LogP contribution < -0.4 is 11.1 Å². The van der Waals surface area contributed by atoms with Crippen molar-refractivity contribution in [1.29, 1.82) is 0 Å². The van der Waals surface area contributed by atoms with Crippen LogP contribution >= 0.6 is 11.6 Å². The lowest BCUT2D eigenvalue weighted by Gasteiger charge is -2.15. The van der Waals surface area contributed by atoms with Crippen molar-refractivity contribution in [2.75, 3.05) is 0 Å². The monoisotopic (exact) mass is 304 g/mol. The van der Waals surface area contributed by atoms with Crippen molar-refractivity contribution in [1.82, 2.24) is 15.3 Å². The van der Waals surface area contributed by atoms with Crippen LogP contribution in [0.5, 0.6) is 0 Å². The number of halogens is 1. The van der Waals surface area contributed by atoms with Crippen LogP contribution in [-0.2, 0) is 11.2 Å². The molecular weight excluding hydrogens is 292 g/mol. The highest BCUT2D eigenvalue weighted by Gasteiger charge is 2.19. The van der Waals surface area contributed by atoms with Gasteiger partial charge in [-0.1, -0.05) is 17.7 Å². The highest BCUT2D eigenvalue weighted by atomic mass is 35.5. The Kier molecular flexibility index (Phi) is 4.84. The smallest absolute Gasteiger partial charge is 0.253 e. The molecule has 2 rings (SSSR count). The van der Waals surface area contributed by atoms with Crippen LogP contribution in [0.25, 0.3) is 0 Å². The summed E-state index contributed by atoms with van der Waals surface area (Å²) in [5, 5.41) is 2.94. The van der Waals surface area contributed by atoms with Gasteiger partial charge in [-0.05, 0) is 23.8 Å². The molecule has 2 heterocycles. The Morgan fingerprint density at radius 2 is 2.10 bits per heavy atom. The Balaban J connectivity index is 2.07. The van der Waals surface area contributed by atoms with Gasteiger partial charge in [0.2, 0.25) is 5.91 Å². The van der Waals surface area contributed by atoms with E-state index in [9.17, 15) is 9.59 Å². The Morgan fingerprint density at radius 3 is 2.67 bits per heavy atom. The van der Waals surface area contributed by atoms with Gasteiger partial charge >= 0.3 is 0 Å². The first-order valence-electron chi connectivity index (χ1n) is 6.17. The van der Waals surface area contributed by atoms with E-state index in [2.05, 4.69) is 15.3 Å². The van der Waals surface area contributed by atoms with E-state index in [1.807, 2.05) is 0 Å². The SMILES string of the molecule is NC(=O)[C@H](Cc1ccc(Cl)nc1)NC(=O)c1cccnc1. The van der Waals surface area contributed by atoms with Crippen LogP contribution in [0.1, 0.15) is 15.9 Å². The number of nitrogens with one attached hydrogen (secondary N) is 1. The summed E-state index contributed by atoms with van der Waals surface area (Å²) in [5.41, 5.74) is 6.43. The molecule has 0 saturated carbocycles. The number of nitrogens with two attached hydrogens (primary N) is 1. The number of rotatable bonds is 5. The number of hydrogen-bond acceptors (Lipinski definition) is 4. The molecule has 0 bridgehead atoms. The Labute approximate surface area is 126 Å². The van der Waals surface area contributed by atoms with Crippen molar-refractivity contribution in [2.24, 2.45) is 5.73 Å². The minimum Gasteiger partial charge on any atom is -0.368 e. The average Bonchev–Trinajstić information content (AvgIpc) is 2.49. The van der Waals surface area contributed by atoms with Gasteiger partial charge < -0.3 is 11.1 Å². The molecule has 0 unspecified atom stereocenters. The third kappa shape index (κ3) is 4.25. The summed E-state index contributed by atoms with van der Waals surface area (Å²) in [6.45, 7) is 0. The highest BCUT2D eigenvalue weighted by Crippen LogP contribution is 2.08. The van der Waals surface area contributed by atoms with Gasteiger partial charge in [0.15, 0.2) is 0 Å². The first-order valence-corrected chi connectivity index (χ1v) is 6.54. The maximum Gasteiger partial charge on any atom is 0.253 e. The molecule has 0 aromatic carbocycles. The predicted octanol–water partition coefficient (Wildman–Crippen LogP) is 0.956. The third-order valence-electron chi connectivity index (χ3n) is 2.80. The van der Waals surface area contributed by atoms with Crippen molar-refractivity contribution < 1.29 is 9.59 Å². The maximum atomic E-state index is 12.0. The molecule has 0 saturated heterocycles. The van der Waals surface area contributed by atoms with Gasteiger partial charge in [-0.2, -0.15) is 0 Å². The lowest BCUT2D eigenvalue weighted by molar-refractivity contribution is -0.119. The second kappa shape index (κ2) is 6.81. The molecule has 108 valence electrons. The van der Waals surface area contributed by atoms with Gasteiger partial charge in [0, 0.05) is 25.0 Å². The minimum absolute atomic E-state index is 0.242. The van der Waals surface area contributed by atoms with E-state index in [1.54, 1.807) is 30.5 Å². The van der Waals surface area contributed by atoms with Crippen molar-refractivity contribution >= 4 is 23.4 Å². The summed E-state index contributed by atoms with van der Waals surface area (Å²) in [6.07, 6.45) is 4.75. The molecule has 0 fully saturated rings. The number of hydrogen-bond donors (Lipinski definition) is 2. The molecule has 0 aliphatic carbocycles. The van der Waals surface area contributed by atoms with Crippen LogP contribution in [0, 0.1) is 0 Å². The normalized spacial score (nSPS) is 11.7. The van der Waals surface area contributed by atoms with Gasteiger partial charge in [-0.3, -0.25) is 14.6 Å². The van der Waals surface area contributed by atoms with E-state index in [4.69, 9.17) is 17.3 Å². The van der Waals surface area contributed by atoms with E-state index in [0.29, 0.717) is 10.7 Å². The van der Waals surface area contributed by atoms with E-state index in [1.165, 1.54) is 12.4 Å². The predicted molar refractivity (Wildman–Crippen MR) is 77.6 cm³/mol. The summed E-state index contributed by atoms with van der Waals surface area (Å²) in [6, 6.07) is 5.74. The van der Waals surface area contributed by atoms with Crippen molar-refractivity contribution in [3.63, 3.8) is 0 Å². The summed E-state index contributed by atoms with van der Waals surface area (Å²) in [4.78, 5) is 31.3. The van der Waals surface area contributed by atoms with Gasteiger partial charge in [-0.15, -0.1) is 0 Å². The highest BCUT2D eigenvalue weighted by molar-refractivity contribution is 6.29. The summed E-state index contributed by atoms with van der Waals surface area (Å²) in [5.74, 6) is -1.03. The zero-order valence-electron chi connectivity index (χ0n) is 11.0. The maximum absolute atomic E-state index is 12.0. The van der Waals surface area contributed by atoms with Crippen LogP contribution in [0.4, 0.5) is 0 Å². The molecule has 2 aromatic rings. The lowest BCUT2D eigenvalue weighted by atomic mass is 10.1. The van der Waals surface area contributed by atoms with E-state index >= 15 is 0 Å². The second-order valence-electron chi connectivity index (χ2n) is 4.36. The topological polar surface area (TPSA) is 98.0 Å². The average molecular weight is 305 g/mol. The molecule has 2 aromatic heterocycles. The van der Waals surface area contributed by atoms with Crippen molar-refractivity contribution in [2.45, 2.75) is 12.5 Å². The van der Waals surface area contributed by atoms with Crippen LogP contribution in [0.15, 0.2) is 42.9 Å². The number of pyridine rings is 2. The first-order chi connectivity index (χ1) is 10.1. The third-order valence-corrected chi connectivity index (χ3v) is 3.02. The molecule has 7 heteroatoms. The van der Waals surface area contributed by atoms with Crippen molar-refractivity contribution in [3.05, 3.63) is 59.1 Å². The molecule has 1 atom stereocenters. The van der Waals surface area contributed by atoms with E-state index in [0.717, 1.165) is 5.56 Å². The van der Waals surface area contributed by atoms with E-state index < -0.39 is 17.9 Å². The second-order valence-corrected chi connectivity index (χ2v) is 4.75. The number of carbonyl (C=O) groups excluding carboxylic acids is 2. The fourth-order valence-electron chi connectivity index (χ4n) is 1.72. The Hall–Kier alpha value is -2.47. The van der Waals surface area contributed by atoms with Crippen molar-refractivity contribution in [3.8, 4) is 0 Å². The van der Waals surface area contributed by atoms with Crippen LogP contribution in [0.3, 0.4) is 0 Å². The Bertz CT molecular complexity index is 631. The van der Waals surface area contributed by atoms with Gasteiger partial charge in [0.1, 0.15) is 11.2 Å². The number of carbonyl (C=O) groups is 2. The number of nitrogens with zero attached hydrogens (tertiary/aromatic N) is 2. The quantitative estimate of drug-likeness (QED) is 0.804. The summed E-state index contributed by atoms with van der Waals surface area (Å²) >= 11 is 5.70. The zero-order chi connectivity index (χ0) is 15.2. The Morgan fingerprint density at radius 1 is 1.29 bits per heavy atom. The summed E-state index contributed by atoms with van der Waals surface area (Å²) < 4.78 is 0. The number of amides is 2. The molecule has 0 radical (unpaired) electrons. The molecule has 21 heavy (non-hydrogen) atoms. The molecule has 2 amide bonds. The molecule has 6 nitrogen and oxygen atoms in total. The van der Waals surface area contributed by atoms with E-state index in [-0.39, 0.29) is 6.42 Å². The lowest BCUT2D eigenvalue weighted by Crippen LogP contribution is -2.45. The van der Waals surface area contributed by atoms with Gasteiger partial charge in [-0.25, -0.2) is 4.98 Å². The molecule has 0 spiro atoms. The van der Waals surface area contributed by atoms with Crippen LogP contribution in [0.2, 0.25) is 5.15 Å². The molecular formula is C14H13ClN4O2. The zero-order valence-corrected chi connectivity index (χ0v) is 11.7. The van der Waals surface area contributed by atoms with Gasteiger partial charge in [0.25, 0.3) is 5.91 Å². The fraction of sp³-hybridized carbons (Fsp3) is 0.143. The standard InChI is InChI=1S/C14H13ClN4O2/c15-12-4-3-9(7-18-12)6-11(13(16)20)19-14(21)10-2-1-5-17-8-10/h1-5,7-8,11H,6H2,(H2,16,20)(H,19,21)/t11-/m0/s1. The van der Waals surface area contributed by atoms with Crippen LogP contribution in [-0.4, -0.2) is 27.8 Å². The van der Waals surface area contributed by atoms with Gasteiger partial charge in [0.05, 0.1) is 5.56 Å². The largest absolute Gasteiger partial charge is 0.368 e. The minimum atomic E-state index is -0.833. The number of aromatic nitrogens is 2. The fourth-order valence-corrected chi connectivity index (χ4v) is 1.84. The summed E-state index contributed by atoms with van der Waals surface area (Å²) in [7, 11) is 0. The molecule has 0 aliphatic rings. The first kappa shape index (κ1) is 14.9.